The van der Waals surface area contributed by atoms with Gasteiger partial charge in [-0.3, -0.25) is 5.84 Å². The summed E-state index contributed by atoms with van der Waals surface area (Å²) >= 11 is 0. The van der Waals surface area contributed by atoms with Crippen LogP contribution in [0, 0.1) is 34.9 Å². The minimum atomic E-state index is -1.81. The highest BCUT2D eigenvalue weighted by Gasteiger charge is 2.27. The number of nitrogens with one attached hydrogen (secondary N) is 1. The maximum absolute atomic E-state index is 13.7. The average Bonchev–Trinajstić information content (AvgIpc) is 2.41. The summed E-state index contributed by atoms with van der Waals surface area (Å²) in [6, 6.07) is 0.416. The number of hydrazine groups is 1. The number of nitrogens with two attached hydrogens (primary N) is 1. The summed E-state index contributed by atoms with van der Waals surface area (Å²) in [6.07, 6.45) is 0. The van der Waals surface area contributed by atoms with Gasteiger partial charge < -0.3 is 0 Å². The predicted molar refractivity (Wildman–Crippen MR) is 61.8 cm³/mol. The third kappa shape index (κ3) is 2.72. The van der Waals surface area contributed by atoms with Gasteiger partial charge in [0.15, 0.2) is 17.5 Å². The third-order valence-corrected chi connectivity index (χ3v) is 2.88. The zero-order valence-corrected chi connectivity index (χ0v) is 10.2. The van der Waals surface area contributed by atoms with Crippen molar-refractivity contribution in [2.45, 2.75) is 6.04 Å². The fourth-order valence-electron chi connectivity index (χ4n) is 1.92. The highest BCUT2D eigenvalue weighted by atomic mass is 19.2. The molecule has 2 rings (SSSR count). The Labute approximate surface area is 115 Å². The molecule has 8 heteroatoms. The zero-order chi connectivity index (χ0) is 15.7. The lowest BCUT2D eigenvalue weighted by Gasteiger charge is -2.19. The summed E-state index contributed by atoms with van der Waals surface area (Å²) in [5, 5.41) is 0. The van der Waals surface area contributed by atoms with Crippen LogP contribution in [-0.4, -0.2) is 0 Å². The molecule has 21 heavy (non-hydrogen) atoms. The molecule has 1 unspecified atom stereocenters. The van der Waals surface area contributed by atoms with E-state index < -0.39 is 52.1 Å². The summed E-state index contributed by atoms with van der Waals surface area (Å²) in [6.45, 7) is 0. The van der Waals surface area contributed by atoms with Crippen molar-refractivity contribution in [1.82, 2.24) is 5.43 Å². The summed E-state index contributed by atoms with van der Waals surface area (Å²) in [5.74, 6) is -3.70. The van der Waals surface area contributed by atoms with Gasteiger partial charge in [0.1, 0.15) is 17.5 Å². The van der Waals surface area contributed by atoms with Crippen molar-refractivity contribution in [3.8, 4) is 0 Å². The molecule has 0 saturated carbocycles. The fraction of sp³-hybridized carbons (Fsp3) is 0.0769. The van der Waals surface area contributed by atoms with E-state index in [2.05, 4.69) is 0 Å². The average molecular weight is 306 g/mol. The molecule has 3 N–H and O–H groups in total. The number of hydrogen-bond donors (Lipinski definition) is 2. The number of halogens is 6. The second-order valence-electron chi connectivity index (χ2n) is 4.15. The van der Waals surface area contributed by atoms with Gasteiger partial charge in [0, 0.05) is 23.3 Å². The Balaban J connectivity index is 2.64. The molecular weight excluding hydrogens is 298 g/mol. The molecule has 0 aliphatic carbocycles. The van der Waals surface area contributed by atoms with E-state index in [0.717, 1.165) is 6.07 Å². The Morgan fingerprint density at radius 1 is 0.810 bits per heavy atom. The van der Waals surface area contributed by atoms with Gasteiger partial charge in [-0.25, -0.2) is 31.8 Å². The largest absolute Gasteiger partial charge is 0.271 e. The fourth-order valence-corrected chi connectivity index (χ4v) is 1.92. The Morgan fingerprint density at radius 2 is 1.38 bits per heavy atom. The first-order valence-corrected chi connectivity index (χ1v) is 5.60. The van der Waals surface area contributed by atoms with E-state index in [0.29, 0.717) is 18.2 Å². The van der Waals surface area contributed by atoms with E-state index in [-0.39, 0.29) is 0 Å². The number of hydrogen-bond acceptors (Lipinski definition) is 2. The van der Waals surface area contributed by atoms with Crippen LogP contribution in [0.5, 0.6) is 0 Å². The molecule has 0 aliphatic rings. The second-order valence-corrected chi connectivity index (χ2v) is 4.15. The van der Waals surface area contributed by atoms with Crippen molar-refractivity contribution in [3.05, 3.63) is 70.3 Å². The Bertz CT molecular complexity index is 666. The zero-order valence-electron chi connectivity index (χ0n) is 10.2. The first-order valence-electron chi connectivity index (χ1n) is 5.60. The quantitative estimate of drug-likeness (QED) is 0.396. The highest BCUT2D eigenvalue weighted by Crippen LogP contribution is 2.30. The number of benzene rings is 2. The van der Waals surface area contributed by atoms with Crippen LogP contribution in [-0.2, 0) is 0 Å². The Kier molecular flexibility index (Phi) is 4.19. The Hall–Kier alpha value is -2.06. The molecule has 0 heterocycles. The van der Waals surface area contributed by atoms with Gasteiger partial charge in [-0.2, -0.15) is 0 Å². The van der Waals surface area contributed by atoms with Crippen LogP contribution in [0.15, 0.2) is 24.3 Å². The molecule has 0 amide bonds. The molecule has 2 nitrogen and oxygen atoms in total. The topological polar surface area (TPSA) is 38.0 Å². The van der Waals surface area contributed by atoms with Gasteiger partial charge in [0.25, 0.3) is 0 Å². The number of rotatable bonds is 3. The van der Waals surface area contributed by atoms with Crippen molar-refractivity contribution < 1.29 is 26.3 Å². The summed E-state index contributed by atoms with van der Waals surface area (Å²) in [4.78, 5) is 0. The van der Waals surface area contributed by atoms with Gasteiger partial charge in [0.2, 0.25) is 0 Å². The molecule has 0 radical (unpaired) electrons. The van der Waals surface area contributed by atoms with Gasteiger partial charge in [-0.1, -0.05) is 6.07 Å². The van der Waals surface area contributed by atoms with Crippen LogP contribution >= 0.6 is 0 Å². The van der Waals surface area contributed by atoms with Crippen molar-refractivity contribution in [3.63, 3.8) is 0 Å². The minimum absolute atomic E-state index is 0.362. The molecule has 0 spiro atoms. The van der Waals surface area contributed by atoms with Crippen molar-refractivity contribution >= 4 is 0 Å². The monoisotopic (exact) mass is 306 g/mol. The summed E-state index contributed by atoms with van der Waals surface area (Å²) < 4.78 is 80.0. The molecule has 112 valence electrons. The van der Waals surface area contributed by atoms with Crippen LogP contribution in [0.4, 0.5) is 26.3 Å². The first-order chi connectivity index (χ1) is 9.86. The Morgan fingerprint density at radius 3 is 1.90 bits per heavy atom. The summed E-state index contributed by atoms with van der Waals surface area (Å²) in [7, 11) is 0. The lowest BCUT2D eigenvalue weighted by Crippen LogP contribution is -2.31. The molecular formula is C13H8F6N2. The van der Waals surface area contributed by atoms with Gasteiger partial charge in [-0.15, -0.1) is 0 Å². The molecule has 0 aliphatic heterocycles. The van der Waals surface area contributed by atoms with Crippen molar-refractivity contribution in [1.29, 1.82) is 0 Å². The molecule has 1 atom stereocenters. The molecule has 0 aromatic heterocycles. The molecule has 0 bridgehead atoms. The van der Waals surface area contributed by atoms with E-state index >= 15 is 0 Å². The minimum Gasteiger partial charge on any atom is -0.271 e. The van der Waals surface area contributed by atoms with Crippen LogP contribution in [0.1, 0.15) is 17.2 Å². The van der Waals surface area contributed by atoms with Gasteiger partial charge in [0.05, 0.1) is 6.04 Å². The van der Waals surface area contributed by atoms with Gasteiger partial charge in [-0.05, 0) is 6.07 Å². The molecule has 2 aromatic carbocycles. The van der Waals surface area contributed by atoms with Crippen LogP contribution in [0.2, 0.25) is 0 Å². The molecule has 2 aromatic rings. The summed E-state index contributed by atoms with van der Waals surface area (Å²) in [5.41, 5.74) is 0.452. The van der Waals surface area contributed by atoms with Crippen molar-refractivity contribution in [2.75, 3.05) is 0 Å². The highest BCUT2D eigenvalue weighted by molar-refractivity contribution is 5.35. The lowest BCUT2D eigenvalue weighted by atomic mass is 9.97. The third-order valence-electron chi connectivity index (χ3n) is 2.88. The van der Waals surface area contributed by atoms with Crippen molar-refractivity contribution in [2.24, 2.45) is 5.84 Å². The molecule has 0 fully saturated rings. The molecule has 0 saturated heterocycles. The van der Waals surface area contributed by atoms with Crippen LogP contribution in [0.3, 0.4) is 0 Å². The normalized spacial score (nSPS) is 12.5. The predicted octanol–water partition coefficient (Wildman–Crippen LogP) is 3.07. The first kappa shape index (κ1) is 15.3. The van der Waals surface area contributed by atoms with Gasteiger partial charge >= 0.3 is 0 Å². The SMILES string of the molecule is NNC(c1ccc(F)c(F)c1F)c1c(F)cc(F)cc1F. The second kappa shape index (κ2) is 5.74. The smallest absolute Gasteiger partial charge is 0.194 e. The standard InChI is InChI=1S/C13H8F6N2/c14-5-3-8(16)10(9(17)4-5)13(21-20)6-1-2-7(15)12(19)11(6)18/h1-4,13,21H,20H2. The van der Waals surface area contributed by atoms with E-state index in [1.54, 1.807) is 0 Å². The van der Waals surface area contributed by atoms with Crippen LogP contribution in [0.25, 0.3) is 0 Å². The van der Waals surface area contributed by atoms with E-state index in [4.69, 9.17) is 5.84 Å². The maximum atomic E-state index is 13.7. The lowest BCUT2D eigenvalue weighted by molar-refractivity contribution is 0.427. The van der Waals surface area contributed by atoms with E-state index in [1.807, 2.05) is 5.43 Å². The van der Waals surface area contributed by atoms with E-state index in [9.17, 15) is 26.3 Å². The maximum Gasteiger partial charge on any atom is 0.194 e. The van der Waals surface area contributed by atoms with E-state index in [1.165, 1.54) is 0 Å². The van der Waals surface area contributed by atoms with Crippen LogP contribution < -0.4 is 11.3 Å².